The largest absolute Gasteiger partial charge is 0.416 e. The van der Waals surface area contributed by atoms with Crippen LogP contribution in [-0.2, 0) is 12.7 Å². The van der Waals surface area contributed by atoms with E-state index in [0.717, 1.165) is 6.07 Å². The summed E-state index contributed by atoms with van der Waals surface area (Å²) in [7, 11) is 0. The zero-order valence-electron chi connectivity index (χ0n) is 15.1. The van der Waals surface area contributed by atoms with Crippen LogP contribution in [0.4, 0.5) is 13.2 Å². The molecule has 4 heteroatoms. The van der Waals surface area contributed by atoms with E-state index in [0.29, 0.717) is 18.7 Å². The molecule has 0 aromatic heterocycles. The Bertz CT molecular complexity index is 818. The van der Waals surface area contributed by atoms with Crippen LogP contribution in [0.25, 0.3) is 0 Å². The number of alkyl halides is 3. The number of halogens is 3. The molecular weight excluding hydrogens is 347 g/mol. The smallest absolute Gasteiger partial charge is 0.312 e. The Morgan fingerprint density at radius 1 is 0.778 bits per heavy atom. The molecule has 0 amide bonds. The van der Waals surface area contributed by atoms with E-state index < -0.39 is 11.7 Å². The lowest BCUT2D eigenvalue weighted by Crippen LogP contribution is -2.23. The average Bonchev–Trinajstić information content (AvgIpc) is 2.67. The van der Waals surface area contributed by atoms with Crippen LogP contribution in [-0.4, -0.2) is 6.54 Å². The molecule has 0 heterocycles. The van der Waals surface area contributed by atoms with Gasteiger partial charge in [0.25, 0.3) is 0 Å². The van der Waals surface area contributed by atoms with Crippen molar-refractivity contribution in [3.8, 4) is 0 Å². The van der Waals surface area contributed by atoms with Crippen LogP contribution in [0, 0.1) is 6.92 Å². The molecule has 0 saturated carbocycles. The van der Waals surface area contributed by atoms with Crippen molar-refractivity contribution in [2.75, 3.05) is 6.54 Å². The predicted octanol–water partition coefficient (Wildman–Crippen LogP) is 5.94. The van der Waals surface area contributed by atoms with Crippen LogP contribution in [0.2, 0.25) is 0 Å². The highest BCUT2D eigenvalue weighted by Crippen LogP contribution is 2.33. The summed E-state index contributed by atoms with van der Waals surface area (Å²) >= 11 is 0. The van der Waals surface area contributed by atoms with Gasteiger partial charge in [0.05, 0.1) is 5.56 Å². The van der Waals surface area contributed by atoms with Crippen LogP contribution in [0.3, 0.4) is 0 Å². The maximum Gasteiger partial charge on any atom is 0.416 e. The van der Waals surface area contributed by atoms with Gasteiger partial charge in [-0.1, -0.05) is 72.8 Å². The summed E-state index contributed by atoms with van der Waals surface area (Å²) in [6.45, 7) is 2.57. The topological polar surface area (TPSA) is 12.0 Å². The Morgan fingerprint density at radius 2 is 1.33 bits per heavy atom. The molecular formula is C23H22F3N. The summed E-state index contributed by atoms with van der Waals surface area (Å²) in [5.41, 5.74) is 2.75. The molecule has 0 aliphatic carbocycles. The maximum atomic E-state index is 13.1. The quantitative estimate of drug-likeness (QED) is 0.567. The van der Waals surface area contributed by atoms with Crippen LogP contribution in [0.15, 0.2) is 78.9 Å². The first-order chi connectivity index (χ1) is 13.0. The van der Waals surface area contributed by atoms with Crippen molar-refractivity contribution in [3.05, 3.63) is 107 Å². The first kappa shape index (κ1) is 19.2. The summed E-state index contributed by atoms with van der Waals surface area (Å²) in [4.78, 5) is 0. The van der Waals surface area contributed by atoms with Crippen molar-refractivity contribution in [1.82, 2.24) is 5.32 Å². The molecule has 140 valence electrons. The Labute approximate surface area is 157 Å². The molecule has 0 unspecified atom stereocenters. The van der Waals surface area contributed by atoms with Gasteiger partial charge in [0.1, 0.15) is 0 Å². The minimum Gasteiger partial charge on any atom is -0.312 e. The van der Waals surface area contributed by atoms with E-state index in [-0.39, 0.29) is 11.5 Å². The second-order valence-electron chi connectivity index (χ2n) is 6.59. The minimum atomic E-state index is -4.32. The van der Waals surface area contributed by atoms with Crippen LogP contribution in [0.1, 0.15) is 33.7 Å². The molecule has 0 saturated heterocycles. The average molecular weight is 369 g/mol. The minimum absolute atomic E-state index is 0.138. The lowest BCUT2D eigenvalue weighted by molar-refractivity contribution is -0.138. The van der Waals surface area contributed by atoms with Gasteiger partial charge in [-0.3, -0.25) is 0 Å². The lowest BCUT2D eigenvalue weighted by atomic mass is 9.91. The molecule has 0 bridgehead atoms. The van der Waals surface area contributed by atoms with Crippen molar-refractivity contribution in [3.63, 3.8) is 0 Å². The van der Waals surface area contributed by atoms with Gasteiger partial charge in [0.15, 0.2) is 0 Å². The van der Waals surface area contributed by atoms with Gasteiger partial charge < -0.3 is 5.32 Å². The molecule has 0 fully saturated rings. The molecule has 3 aromatic carbocycles. The third-order valence-corrected chi connectivity index (χ3v) is 4.82. The maximum absolute atomic E-state index is 13.1. The first-order valence-corrected chi connectivity index (χ1v) is 8.93. The van der Waals surface area contributed by atoms with Crippen molar-refractivity contribution in [2.24, 2.45) is 0 Å². The third kappa shape index (κ3) is 4.77. The number of benzene rings is 3. The standard InChI is InChI=1S/C23H22F3N/c1-17-20(13-8-14-22(17)23(24,25)26)15-27-16-21(18-9-4-2-5-10-18)19-11-6-3-7-12-19/h2-14,21,27H,15-16H2,1H3. The molecule has 0 atom stereocenters. The SMILES string of the molecule is Cc1c(CNCC(c2ccccc2)c2ccccc2)cccc1C(F)(F)F. The van der Waals surface area contributed by atoms with Crippen molar-refractivity contribution >= 4 is 0 Å². The van der Waals surface area contributed by atoms with E-state index in [4.69, 9.17) is 0 Å². The summed E-state index contributed by atoms with van der Waals surface area (Å²) in [5.74, 6) is 0.138. The van der Waals surface area contributed by atoms with E-state index >= 15 is 0 Å². The monoisotopic (exact) mass is 369 g/mol. The van der Waals surface area contributed by atoms with E-state index in [9.17, 15) is 13.2 Å². The third-order valence-electron chi connectivity index (χ3n) is 4.82. The van der Waals surface area contributed by atoms with Gasteiger partial charge >= 0.3 is 6.18 Å². The highest BCUT2D eigenvalue weighted by Gasteiger charge is 2.32. The van der Waals surface area contributed by atoms with E-state index in [1.165, 1.54) is 24.1 Å². The summed E-state index contributed by atoms with van der Waals surface area (Å²) < 4.78 is 39.3. The summed E-state index contributed by atoms with van der Waals surface area (Å²) in [6.07, 6.45) is -4.32. The van der Waals surface area contributed by atoms with Crippen LogP contribution >= 0.6 is 0 Å². The first-order valence-electron chi connectivity index (χ1n) is 8.93. The summed E-state index contributed by atoms with van der Waals surface area (Å²) in [5, 5.41) is 3.35. The lowest BCUT2D eigenvalue weighted by Gasteiger charge is -2.20. The Kier molecular flexibility index (Phi) is 5.97. The van der Waals surface area contributed by atoms with Gasteiger partial charge in [0, 0.05) is 19.0 Å². The molecule has 1 nitrogen and oxygen atoms in total. The molecule has 0 aliphatic rings. The zero-order chi connectivity index (χ0) is 19.3. The second-order valence-corrected chi connectivity index (χ2v) is 6.59. The normalized spacial score (nSPS) is 11.7. The summed E-state index contributed by atoms with van der Waals surface area (Å²) in [6, 6.07) is 24.6. The molecule has 3 aromatic rings. The molecule has 1 N–H and O–H groups in total. The highest BCUT2D eigenvalue weighted by atomic mass is 19.4. The van der Waals surface area contributed by atoms with Gasteiger partial charge in [-0.15, -0.1) is 0 Å². The van der Waals surface area contributed by atoms with Crippen LogP contribution in [0.5, 0.6) is 0 Å². The van der Waals surface area contributed by atoms with Crippen molar-refractivity contribution in [2.45, 2.75) is 25.6 Å². The van der Waals surface area contributed by atoms with E-state index in [1.54, 1.807) is 6.07 Å². The number of hydrogen-bond donors (Lipinski definition) is 1. The number of hydrogen-bond acceptors (Lipinski definition) is 1. The van der Waals surface area contributed by atoms with E-state index in [1.807, 2.05) is 36.4 Å². The van der Waals surface area contributed by atoms with Crippen LogP contribution < -0.4 is 5.32 Å². The fraction of sp³-hybridized carbons (Fsp3) is 0.217. The molecule has 0 radical (unpaired) electrons. The van der Waals surface area contributed by atoms with Gasteiger partial charge in [-0.05, 0) is 35.2 Å². The molecule has 27 heavy (non-hydrogen) atoms. The van der Waals surface area contributed by atoms with Gasteiger partial charge in [-0.2, -0.15) is 13.2 Å². The Hall–Kier alpha value is -2.59. The Morgan fingerprint density at radius 3 is 1.85 bits per heavy atom. The van der Waals surface area contributed by atoms with Crippen molar-refractivity contribution < 1.29 is 13.2 Å². The van der Waals surface area contributed by atoms with Gasteiger partial charge in [-0.25, -0.2) is 0 Å². The number of rotatable bonds is 6. The number of nitrogens with one attached hydrogen (secondary N) is 1. The van der Waals surface area contributed by atoms with Gasteiger partial charge in [0.2, 0.25) is 0 Å². The fourth-order valence-electron chi connectivity index (χ4n) is 3.33. The fourth-order valence-corrected chi connectivity index (χ4v) is 3.33. The second kappa shape index (κ2) is 8.40. The highest BCUT2D eigenvalue weighted by molar-refractivity contribution is 5.36. The molecule has 0 aliphatic heterocycles. The van der Waals surface area contributed by atoms with E-state index in [2.05, 4.69) is 29.6 Å². The molecule has 3 rings (SSSR count). The predicted molar refractivity (Wildman–Crippen MR) is 103 cm³/mol. The molecule has 0 spiro atoms. The zero-order valence-corrected chi connectivity index (χ0v) is 15.1. The Balaban J connectivity index is 1.76. The van der Waals surface area contributed by atoms with Crippen molar-refractivity contribution in [1.29, 1.82) is 0 Å².